The number of ketones is 1. The van der Waals surface area contributed by atoms with Gasteiger partial charge in [0.2, 0.25) is 6.04 Å². The number of amides is 1. The summed E-state index contributed by atoms with van der Waals surface area (Å²) in [5.74, 6) is 3.44. The first-order valence-electron chi connectivity index (χ1n) is 7.31. The Labute approximate surface area is 150 Å². The lowest BCUT2D eigenvalue weighted by atomic mass is 10.0. The first kappa shape index (κ1) is 19.4. The molecule has 0 saturated carbocycles. The van der Waals surface area contributed by atoms with Crippen molar-refractivity contribution < 1.29 is 22.3 Å². The van der Waals surface area contributed by atoms with Crippen LogP contribution in [0, 0.1) is 0 Å². The average molecular weight is 376 g/mol. The highest BCUT2D eigenvalue weighted by Gasteiger charge is 2.28. The third-order valence-corrected chi connectivity index (χ3v) is 4.39. The molecule has 0 aliphatic carbocycles. The quantitative estimate of drug-likeness (QED) is 0.325. The number of azo groups is 1. The fourth-order valence-corrected chi connectivity index (χ4v) is 2.72. The number of rotatable bonds is 7. The summed E-state index contributed by atoms with van der Waals surface area (Å²) in [5, 5.41) is 9.65. The molecule has 3 N–H and O–H groups in total. The molecule has 0 fully saturated rings. The smallest absolute Gasteiger partial charge is 0.312 e. The molecule has 0 radical (unpaired) electrons. The molecule has 26 heavy (non-hydrogen) atoms. The standard InChI is InChI=1S/C16H16N4O5S/c1-18-20-14(15(21)11-6-3-2-4-7-11)16(22)19-12-8-5-9-13(10-12)26(23,24)25-17/h2-10,14H,17H2,1H3,(H,19,22)/b20-18+. The molecule has 136 valence electrons. The molecule has 9 nitrogen and oxygen atoms in total. The van der Waals surface area contributed by atoms with E-state index < -0.39 is 27.9 Å². The van der Waals surface area contributed by atoms with E-state index in [0.29, 0.717) is 5.56 Å². The highest BCUT2D eigenvalue weighted by Crippen LogP contribution is 2.17. The number of benzene rings is 2. The van der Waals surface area contributed by atoms with E-state index in [2.05, 4.69) is 19.8 Å². The van der Waals surface area contributed by atoms with Gasteiger partial charge in [0.05, 0.1) is 4.90 Å². The van der Waals surface area contributed by atoms with Gasteiger partial charge in [-0.15, -0.1) is 0 Å². The molecule has 1 amide bonds. The van der Waals surface area contributed by atoms with Crippen LogP contribution in [-0.4, -0.2) is 33.2 Å². The Morgan fingerprint density at radius 3 is 2.42 bits per heavy atom. The number of nitrogens with one attached hydrogen (secondary N) is 1. The summed E-state index contributed by atoms with van der Waals surface area (Å²) in [6.07, 6.45) is 0. The largest absolute Gasteiger partial charge is 0.324 e. The molecule has 0 aromatic heterocycles. The zero-order valence-electron chi connectivity index (χ0n) is 13.7. The normalized spacial score (nSPS) is 12.7. The molecular formula is C16H16N4O5S. The molecule has 0 spiro atoms. The number of anilines is 1. The molecule has 2 aromatic rings. The Bertz CT molecular complexity index is 929. The molecule has 2 rings (SSSR count). The molecule has 0 saturated heterocycles. The van der Waals surface area contributed by atoms with E-state index in [-0.39, 0.29) is 10.6 Å². The molecule has 0 aliphatic rings. The van der Waals surface area contributed by atoms with E-state index in [0.717, 1.165) is 6.07 Å². The highest BCUT2D eigenvalue weighted by atomic mass is 32.2. The summed E-state index contributed by atoms with van der Waals surface area (Å²) < 4.78 is 27.2. The van der Waals surface area contributed by atoms with Gasteiger partial charge in [0.25, 0.3) is 5.91 Å². The number of hydrogen-bond donors (Lipinski definition) is 2. The number of carbonyl (C=O) groups excluding carboxylic acids is 2. The van der Waals surface area contributed by atoms with Crippen molar-refractivity contribution in [1.29, 1.82) is 0 Å². The Morgan fingerprint density at radius 2 is 1.81 bits per heavy atom. The predicted molar refractivity (Wildman–Crippen MR) is 92.9 cm³/mol. The summed E-state index contributed by atoms with van der Waals surface area (Å²) in [7, 11) is -2.79. The van der Waals surface area contributed by atoms with Crippen LogP contribution in [0.4, 0.5) is 5.69 Å². The number of nitrogens with two attached hydrogens (primary N) is 1. The van der Waals surface area contributed by atoms with Gasteiger partial charge in [0, 0.05) is 18.3 Å². The topological polar surface area (TPSA) is 140 Å². The highest BCUT2D eigenvalue weighted by molar-refractivity contribution is 7.86. The Morgan fingerprint density at radius 1 is 1.12 bits per heavy atom. The van der Waals surface area contributed by atoms with Gasteiger partial charge in [0.1, 0.15) is 0 Å². The van der Waals surface area contributed by atoms with Crippen LogP contribution in [0.3, 0.4) is 0 Å². The van der Waals surface area contributed by atoms with Crippen molar-refractivity contribution in [2.24, 2.45) is 16.1 Å². The number of carbonyl (C=O) groups is 2. The molecule has 2 aromatic carbocycles. The third kappa shape index (κ3) is 4.57. The molecule has 1 atom stereocenters. The average Bonchev–Trinajstić information content (AvgIpc) is 2.66. The maximum absolute atomic E-state index is 12.5. The summed E-state index contributed by atoms with van der Waals surface area (Å²) in [5.41, 5.74) is 0.429. The van der Waals surface area contributed by atoms with Gasteiger partial charge in [-0.3, -0.25) is 9.59 Å². The summed E-state index contributed by atoms with van der Waals surface area (Å²) in [6, 6.07) is 12.0. The van der Waals surface area contributed by atoms with Crippen molar-refractivity contribution in [3.63, 3.8) is 0 Å². The second-order valence-corrected chi connectivity index (χ2v) is 6.59. The van der Waals surface area contributed by atoms with E-state index in [9.17, 15) is 18.0 Å². The SMILES string of the molecule is C/N=N/C(C(=O)Nc1cccc(S(=O)(=O)ON)c1)C(=O)c1ccccc1. The summed E-state index contributed by atoms with van der Waals surface area (Å²) >= 11 is 0. The summed E-state index contributed by atoms with van der Waals surface area (Å²) in [4.78, 5) is 24.7. The molecule has 0 heterocycles. The monoisotopic (exact) mass is 376 g/mol. The van der Waals surface area contributed by atoms with E-state index in [1.54, 1.807) is 30.3 Å². The molecule has 0 aliphatic heterocycles. The second kappa shape index (κ2) is 8.43. The maximum Gasteiger partial charge on any atom is 0.312 e. The van der Waals surface area contributed by atoms with Crippen molar-refractivity contribution in [3.05, 3.63) is 60.2 Å². The molecule has 10 heteroatoms. The second-order valence-electron chi connectivity index (χ2n) is 5.02. The number of nitrogens with zero attached hydrogens (tertiary/aromatic N) is 2. The van der Waals surface area contributed by atoms with E-state index in [1.807, 2.05) is 0 Å². The van der Waals surface area contributed by atoms with Crippen LogP contribution in [0.2, 0.25) is 0 Å². The van der Waals surface area contributed by atoms with Crippen molar-refractivity contribution >= 4 is 27.5 Å². The van der Waals surface area contributed by atoms with Crippen LogP contribution in [0.15, 0.2) is 69.7 Å². The molecule has 0 bridgehead atoms. The maximum atomic E-state index is 12.5. The molecular weight excluding hydrogens is 360 g/mol. The lowest BCUT2D eigenvalue weighted by Gasteiger charge is -2.12. The van der Waals surface area contributed by atoms with Crippen molar-refractivity contribution in [3.8, 4) is 0 Å². The lowest BCUT2D eigenvalue weighted by molar-refractivity contribution is -0.116. The van der Waals surface area contributed by atoms with Gasteiger partial charge in [0.15, 0.2) is 5.78 Å². The third-order valence-electron chi connectivity index (χ3n) is 3.30. The van der Waals surface area contributed by atoms with E-state index in [4.69, 9.17) is 5.90 Å². The van der Waals surface area contributed by atoms with Gasteiger partial charge < -0.3 is 5.32 Å². The van der Waals surface area contributed by atoms with Crippen molar-refractivity contribution in [2.45, 2.75) is 10.9 Å². The number of Topliss-reactive ketones (excluding diaryl/α,β-unsaturated/α-hetero) is 1. The van der Waals surface area contributed by atoms with Gasteiger partial charge >= 0.3 is 10.1 Å². The Balaban J connectivity index is 2.26. The zero-order chi connectivity index (χ0) is 19.2. The zero-order valence-corrected chi connectivity index (χ0v) is 14.5. The van der Waals surface area contributed by atoms with E-state index in [1.165, 1.54) is 25.2 Å². The van der Waals surface area contributed by atoms with Crippen LogP contribution >= 0.6 is 0 Å². The van der Waals surface area contributed by atoms with Crippen LogP contribution in [0.1, 0.15) is 10.4 Å². The van der Waals surface area contributed by atoms with Crippen molar-refractivity contribution in [2.75, 3.05) is 12.4 Å². The first-order valence-corrected chi connectivity index (χ1v) is 8.72. The minimum atomic E-state index is -4.13. The van der Waals surface area contributed by atoms with Crippen LogP contribution in [0.25, 0.3) is 0 Å². The minimum Gasteiger partial charge on any atom is -0.324 e. The molecule has 1 unspecified atom stereocenters. The van der Waals surface area contributed by atoms with Gasteiger partial charge in [-0.05, 0) is 18.2 Å². The van der Waals surface area contributed by atoms with Crippen LogP contribution in [0.5, 0.6) is 0 Å². The van der Waals surface area contributed by atoms with Gasteiger partial charge in [-0.1, -0.05) is 36.4 Å². The summed E-state index contributed by atoms with van der Waals surface area (Å²) in [6.45, 7) is 0. The fourth-order valence-electron chi connectivity index (χ4n) is 2.10. The Kier molecular flexibility index (Phi) is 6.28. The predicted octanol–water partition coefficient (Wildman–Crippen LogP) is 1.54. The minimum absolute atomic E-state index is 0.130. The van der Waals surface area contributed by atoms with Crippen LogP contribution in [-0.2, 0) is 19.2 Å². The van der Waals surface area contributed by atoms with Gasteiger partial charge in [-0.2, -0.15) is 28.8 Å². The van der Waals surface area contributed by atoms with Crippen LogP contribution < -0.4 is 11.2 Å². The lowest BCUT2D eigenvalue weighted by Crippen LogP contribution is -2.33. The van der Waals surface area contributed by atoms with E-state index >= 15 is 0 Å². The fraction of sp³-hybridized carbons (Fsp3) is 0.125. The van der Waals surface area contributed by atoms with Crippen molar-refractivity contribution in [1.82, 2.24) is 0 Å². The number of hydrogen-bond acceptors (Lipinski definition) is 8. The van der Waals surface area contributed by atoms with Gasteiger partial charge in [-0.25, -0.2) is 0 Å². The first-order chi connectivity index (χ1) is 12.4. The Hall–Kier alpha value is -2.95.